The molecule has 2 aromatic rings. The summed E-state index contributed by atoms with van der Waals surface area (Å²) >= 11 is 7.48. The maximum absolute atomic E-state index is 5.77. The van der Waals surface area contributed by atoms with Gasteiger partial charge in [-0.1, -0.05) is 17.7 Å². The van der Waals surface area contributed by atoms with Crippen molar-refractivity contribution in [3.63, 3.8) is 0 Å². The average molecular weight is 338 g/mol. The molecule has 0 radical (unpaired) electrons. The first-order valence-corrected chi connectivity index (χ1v) is 8.26. The highest BCUT2D eigenvalue weighted by Gasteiger charge is 2.04. The lowest BCUT2D eigenvalue weighted by molar-refractivity contribution is 0.789. The number of nitrogens with zero attached hydrogens (tertiary/aromatic N) is 3. The molecule has 0 bridgehead atoms. The van der Waals surface area contributed by atoms with E-state index in [4.69, 9.17) is 11.6 Å². The summed E-state index contributed by atoms with van der Waals surface area (Å²) in [5.74, 6) is 0.771. The quantitative estimate of drug-likeness (QED) is 0.500. The second-order valence-corrected chi connectivity index (χ2v) is 6.52. The third kappa shape index (κ3) is 4.96. The molecule has 0 atom stereocenters. The van der Waals surface area contributed by atoms with Gasteiger partial charge in [-0.15, -0.1) is 11.3 Å². The predicted octanol–water partition coefficient (Wildman–Crippen LogP) is 2.72. The highest BCUT2D eigenvalue weighted by Crippen LogP contribution is 2.15. The molecule has 0 aliphatic carbocycles. The van der Waals surface area contributed by atoms with Gasteiger partial charge in [-0.05, 0) is 31.9 Å². The molecule has 2 N–H and O–H groups in total. The summed E-state index contributed by atoms with van der Waals surface area (Å²) in [6, 6.07) is 3.78. The Morgan fingerprint density at radius 1 is 1.32 bits per heavy atom. The lowest BCUT2D eigenvalue weighted by atomic mass is 10.2. The van der Waals surface area contributed by atoms with Gasteiger partial charge in [-0.25, -0.2) is 9.97 Å². The Balaban J connectivity index is 1.76. The van der Waals surface area contributed by atoms with Gasteiger partial charge in [0.05, 0.1) is 12.2 Å². The van der Waals surface area contributed by atoms with Crippen LogP contribution in [0.3, 0.4) is 0 Å². The summed E-state index contributed by atoms with van der Waals surface area (Å²) < 4.78 is 0. The molecule has 0 saturated heterocycles. The lowest BCUT2D eigenvalue weighted by Crippen LogP contribution is -2.37. The van der Waals surface area contributed by atoms with Crippen LogP contribution in [-0.2, 0) is 13.0 Å². The highest BCUT2D eigenvalue weighted by molar-refractivity contribution is 7.11. The Labute approximate surface area is 139 Å². The van der Waals surface area contributed by atoms with E-state index in [-0.39, 0.29) is 0 Å². The molecular weight excluding hydrogens is 318 g/mol. The van der Waals surface area contributed by atoms with Crippen molar-refractivity contribution in [3.8, 4) is 0 Å². The average Bonchev–Trinajstić information content (AvgIpc) is 2.83. The fraction of sp³-hybridized carbons (Fsp3) is 0.400. The first kappa shape index (κ1) is 16.7. The molecule has 0 amide bonds. The van der Waals surface area contributed by atoms with E-state index in [2.05, 4.69) is 32.5 Å². The Kier molecular flexibility index (Phi) is 6.15. The van der Waals surface area contributed by atoms with E-state index in [0.717, 1.165) is 35.2 Å². The molecule has 5 nitrogen and oxygen atoms in total. The molecule has 0 aromatic carbocycles. The van der Waals surface area contributed by atoms with Crippen molar-refractivity contribution < 1.29 is 0 Å². The van der Waals surface area contributed by atoms with Crippen LogP contribution in [-0.4, -0.2) is 29.5 Å². The molecule has 0 aliphatic rings. The van der Waals surface area contributed by atoms with E-state index in [0.29, 0.717) is 11.7 Å². The van der Waals surface area contributed by atoms with Crippen LogP contribution in [0.2, 0.25) is 5.15 Å². The number of thiazole rings is 1. The Morgan fingerprint density at radius 2 is 2.14 bits per heavy atom. The van der Waals surface area contributed by atoms with E-state index in [1.54, 1.807) is 30.6 Å². The number of halogens is 1. The number of aryl methyl sites for hydroxylation is 2. The maximum atomic E-state index is 5.77. The summed E-state index contributed by atoms with van der Waals surface area (Å²) in [4.78, 5) is 14.0. The smallest absolute Gasteiger partial charge is 0.191 e. The van der Waals surface area contributed by atoms with Gasteiger partial charge in [-0.3, -0.25) is 4.99 Å². The van der Waals surface area contributed by atoms with Crippen LogP contribution in [0.4, 0.5) is 0 Å². The van der Waals surface area contributed by atoms with E-state index < -0.39 is 0 Å². The molecule has 2 aromatic heterocycles. The molecule has 2 heterocycles. The number of guanidine groups is 1. The highest BCUT2D eigenvalue weighted by atomic mass is 35.5. The molecule has 0 unspecified atom stereocenters. The van der Waals surface area contributed by atoms with Crippen LogP contribution in [0.15, 0.2) is 23.3 Å². The van der Waals surface area contributed by atoms with Gasteiger partial charge in [0.2, 0.25) is 0 Å². The standard InChI is InChI=1S/C15H20ClN5S/c1-10-11(2)22-14(21-10)9-20-15(17-3)18-7-6-12-4-5-13(16)19-8-12/h4-5,8H,6-7,9H2,1-3H3,(H2,17,18,20). The molecule has 22 heavy (non-hydrogen) atoms. The molecule has 2 rings (SSSR count). The Morgan fingerprint density at radius 3 is 2.73 bits per heavy atom. The van der Waals surface area contributed by atoms with Crippen LogP contribution in [0.25, 0.3) is 0 Å². The first-order valence-electron chi connectivity index (χ1n) is 7.06. The lowest BCUT2D eigenvalue weighted by Gasteiger charge is -2.10. The number of rotatable bonds is 5. The van der Waals surface area contributed by atoms with E-state index in [9.17, 15) is 0 Å². The minimum Gasteiger partial charge on any atom is -0.356 e. The van der Waals surface area contributed by atoms with Crippen molar-refractivity contribution in [2.45, 2.75) is 26.8 Å². The second-order valence-electron chi connectivity index (χ2n) is 4.84. The van der Waals surface area contributed by atoms with E-state index in [1.807, 2.05) is 13.0 Å². The molecule has 118 valence electrons. The van der Waals surface area contributed by atoms with Crippen molar-refractivity contribution in [1.29, 1.82) is 0 Å². The van der Waals surface area contributed by atoms with Crippen molar-refractivity contribution in [2.75, 3.05) is 13.6 Å². The van der Waals surface area contributed by atoms with Crippen LogP contribution >= 0.6 is 22.9 Å². The van der Waals surface area contributed by atoms with Crippen LogP contribution < -0.4 is 10.6 Å². The van der Waals surface area contributed by atoms with Gasteiger partial charge in [0.1, 0.15) is 10.2 Å². The van der Waals surface area contributed by atoms with Crippen LogP contribution in [0.5, 0.6) is 0 Å². The number of aliphatic imine (C=N–C) groups is 1. The van der Waals surface area contributed by atoms with Crippen molar-refractivity contribution in [3.05, 3.63) is 44.6 Å². The zero-order valence-corrected chi connectivity index (χ0v) is 14.6. The number of hydrogen-bond donors (Lipinski definition) is 2. The summed E-state index contributed by atoms with van der Waals surface area (Å²) in [6.07, 6.45) is 2.65. The number of hydrogen-bond acceptors (Lipinski definition) is 4. The van der Waals surface area contributed by atoms with Gasteiger partial charge < -0.3 is 10.6 Å². The molecule has 0 fully saturated rings. The molecule has 0 aliphatic heterocycles. The Bertz CT molecular complexity index is 616. The predicted molar refractivity (Wildman–Crippen MR) is 92.7 cm³/mol. The first-order chi connectivity index (χ1) is 10.6. The third-order valence-electron chi connectivity index (χ3n) is 3.20. The summed E-state index contributed by atoms with van der Waals surface area (Å²) in [6.45, 7) is 5.58. The minimum absolute atomic E-state index is 0.517. The fourth-order valence-corrected chi connectivity index (χ4v) is 2.86. The maximum Gasteiger partial charge on any atom is 0.191 e. The van der Waals surface area contributed by atoms with Gasteiger partial charge in [0.15, 0.2) is 5.96 Å². The van der Waals surface area contributed by atoms with Gasteiger partial charge in [-0.2, -0.15) is 0 Å². The summed E-state index contributed by atoms with van der Waals surface area (Å²) in [5, 5.41) is 8.14. The summed E-state index contributed by atoms with van der Waals surface area (Å²) in [5.41, 5.74) is 2.23. The van der Waals surface area contributed by atoms with Crippen molar-refractivity contribution in [1.82, 2.24) is 20.6 Å². The van der Waals surface area contributed by atoms with Gasteiger partial charge in [0, 0.05) is 24.7 Å². The van der Waals surface area contributed by atoms with E-state index in [1.165, 1.54) is 4.88 Å². The zero-order valence-electron chi connectivity index (χ0n) is 13.0. The molecule has 0 saturated carbocycles. The Hall–Kier alpha value is -1.66. The van der Waals surface area contributed by atoms with E-state index >= 15 is 0 Å². The normalized spacial score (nSPS) is 11.5. The van der Waals surface area contributed by atoms with Crippen LogP contribution in [0, 0.1) is 13.8 Å². The molecule has 0 spiro atoms. The number of pyridine rings is 1. The fourth-order valence-electron chi connectivity index (χ4n) is 1.87. The SMILES string of the molecule is CN=C(NCCc1ccc(Cl)nc1)NCc1nc(C)c(C)s1. The van der Waals surface area contributed by atoms with Gasteiger partial charge >= 0.3 is 0 Å². The minimum atomic E-state index is 0.517. The molecule has 7 heteroatoms. The van der Waals surface area contributed by atoms with Crippen molar-refractivity contribution >= 4 is 28.9 Å². The monoisotopic (exact) mass is 337 g/mol. The number of aromatic nitrogens is 2. The second kappa shape index (κ2) is 8.10. The van der Waals surface area contributed by atoms with Crippen LogP contribution in [0.1, 0.15) is 21.1 Å². The third-order valence-corrected chi connectivity index (χ3v) is 4.49. The molecular formula is C15H20ClN5S. The summed E-state index contributed by atoms with van der Waals surface area (Å²) in [7, 11) is 1.76. The largest absolute Gasteiger partial charge is 0.356 e. The van der Waals surface area contributed by atoms with Gasteiger partial charge in [0.25, 0.3) is 0 Å². The zero-order chi connectivity index (χ0) is 15.9. The number of nitrogens with one attached hydrogen (secondary N) is 2. The van der Waals surface area contributed by atoms with Crippen molar-refractivity contribution in [2.24, 2.45) is 4.99 Å². The topological polar surface area (TPSA) is 62.2 Å².